The Morgan fingerprint density at radius 2 is 2.00 bits per heavy atom. The van der Waals surface area contributed by atoms with E-state index in [1.807, 2.05) is 19.0 Å². The highest BCUT2D eigenvalue weighted by Crippen LogP contribution is 2.14. The first-order chi connectivity index (χ1) is 11.9. The monoisotopic (exact) mass is 364 g/mol. The Hall–Kier alpha value is -2.38. The van der Waals surface area contributed by atoms with Gasteiger partial charge in [-0.3, -0.25) is 14.2 Å². The molecule has 2 rings (SSSR count). The highest BCUT2D eigenvalue weighted by molar-refractivity contribution is 6.31. The SMILES string of the molecule is CN(C)CCCNC(=O)c1c[nH]c(=O)n(Cc2ccccc2Cl)c1=O. The molecule has 1 aromatic carbocycles. The third-order valence-electron chi connectivity index (χ3n) is 3.66. The summed E-state index contributed by atoms with van der Waals surface area (Å²) in [4.78, 5) is 41.2. The van der Waals surface area contributed by atoms with Crippen LogP contribution in [0.4, 0.5) is 0 Å². The Balaban J connectivity index is 2.19. The number of halogens is 1. The Kier molecular flexibility index (Phi) is 6.55. The van der Waals surface area contributed by atoms with Crippen LogP contribution in [0.1, 0.15) is 22.3 Å². The maximum Gasteiger partial charge on any atom is 0.328 e. The van der Waals surface area contributed by atoms with E-state index in [0.717, 1.165) is 23.7 Å². The predicted octanol–water partition coefficient (Wildman–Crippen LogP) is 0.920. The molecule has 0 aliphatic heterocycles. The van der Waals surface area contributed by atoms with Crippen LogP contribution < -0.4 is 16.6 Å². The van der Waals surface area contributed by atoms with E-state index >= 15 is 0 Å². The molecule has 1 heterocycles. The van der Waals surface area contributed by atoms with E-state index in [2.05, 4.69) is 10.3 Å². The molecular weight excluding hydrogens is 344 g/mol. The van der Waals surface area contributed by atoms with Crippen LogP contribution in [0.5, 0.6) is 0 Å². The van der Waals surface area contributed by atoms with Crippen molar-refractivity contribution in [2.75, 3.05) is 27.2 Å². The number of carbonyl (C=O) groups is 1. The van der Waals surface area contributed by atoms with E-state index < -0.39 is 17.2 Å². The van der Waals surface area contributed by atoms with Crippen LogP contribution in [0, 0.1) is 0 Å². The first kappa shape index (κ1) is 19.0. The summed E-state index contributed by atoms with van der Waals surface area (Å²) in [6.45, 7) is 1.26. The number of rotatable bonds is 7. The molecule has 0 unspecified atom stereocenters. The van der Waals surface area contributed by atoms with Crippen molar-refractivity contribution in [3.05, 3.63) is 67.4 Å². The molecular formula is C17H21ClN4O3. The van der Waals surface area contributed by atoms with Crippen LogP contribution in [0.3, 0.4) is 0 Å². The summed E-state index contributed by atoms with van der Waals surface area (Å²) in [5.74, 6) is -0.507. The van der Waals surface area contributed by atoms with Gasteiger partial charge in [0, 0.05) is 17.8 Å². The summed E-state index contributed by atoms with van der Waals surface area (Å²) >= 11 is 6.08. The second-order valence-corrected chi connectivity index (χ2v) is 6.31. The number of hydrogen-bond acceptors (Lipinski definition) is 4. The van der Waals surface area contributed by atoms with Crippen molar-refractivity contribution >= 4 is 17.5 Å². The van der Waals surface area contributed by atoms with E-state index in [1.165, 1.54) is 0 Å². The molecule has 1 aromatic heterocycles. The van der Waals surface area contributed by atoms with Crippen molar-refractivity contribution in [2.24, 2.45) is 0 Å². The molecule has 1 amide bonds. The highest BCUT2D eigenvalue weighted by Gasteiger charge is 2.15. The van der Waals surface area contributed by atoms with Crippen molar-refractivity contribution in [1.82, 2.24) is 19.8 Å². The Bertz CT molecular complexity index is 857. The van der Waals surface area contributed by atoms with Gasteiger partial charge in [-0.05, 0) is 38.7 Å². The van der Waals surface area contributed by atoms with Gasteiger partial charge in [0.2, 0.25) is 0 Å². The lowest BCUT2D eigenvalue weighted by Crippen LogP contribution is -2.41. The molecule has 0 aliphatic carbocycles. The number of nitrogens with one attached hydrogen (secondary N) is 2. The Morgan fingerprint density at radius 3 is 2.68 bits per heavy atom. The van der Waals surface area contributed by atoms with Gasteiger partial charge in [0.25, 0.3) is 11.5 Å². The van der Waals surface area contributed by atoms with Gasteiger partial charge in [-0.1, -0.05) is 29.8 Å². The zero-order valence-electron chi connectivity index (χ0n) is 14.2. The number of hydrogen-bond donors (Lipinski definition) is 2. The Morgan fingerprint density at radius 1 is 1.28 bits per heavy atom. The summed E-state index contributed by atoms with van der Waals surface area (Å²) < 4.78 is 0.968. The van der Waals surface area contributed by atoms with Gasteiger partial charge in [-0.2, -0.15) is 0 Å². The third-order valence-corrected chi connectivity index (χ3v) is 4.03. The van der Waals surface area contributed by atoms with Gasteiger partial charge in [0.1, 0.15) is 5.56 Å². The van der Waals surface area contributed by atoms with Gasteiger partial charge >= 0.3 is 5.69 Å². The lowest BCUT2D eigenvalue weighted by Gasteiger charge is -2.11. The fourth-order valence-corrected chi connectivity index (χ4v) is 2.50. The summed E-state index contributed by atoms with van der Waals surface area (Å²) in [5, 5.41) is 3.14. The predicted molar refractivity (Wildman–Crippen MR) is 97.4 cm³/mol. The van der Waals surface area contributed by atoms with Crippen LogP contribution in [0.15, 0.2) is 40.1 Å². The lowest BCUT2D eigenvalue weighted by atomic mass is 10.2. The normalized spacial score (nSPS) is 10.9. The number of carbonyl (C=O) groups excluding carboxylic acids is 1. The quantitative estimate of drug-likeness (QED) is 0.715. The van der Waals surface area contributed by atoms with Crippen molar-refractivity contribution in [3.8, 4) is 0 Å². The van der Waals surface area contributed by atoms with Crippen molar-refractivity contribution < 1.29 is 4.79 Å². The van der Waals surface area contributed by atoms with Gasteiger partial charge in [-0.25, -0.2) is 4.79 Å². The molecule has 0 saturated carbocycles. The summed E-state index contributed by atoms with van der Waals surface area (Å²) in [6.07, 6.45) is 1.91. The number of nitrogens with zero attached hydrogens (tertiary/aromatic N) is 2. The smallest absolute Gasteiger partial charge is 0.328 e. The second-order valence-electron chi connectivity index (χ2n) is 5.90. The summed E-state index contributed by atoms with van der Waals surface area (Å²) in [5.41, 5.74) is -0.709. The van der Waals surface area contributed by atoms with Gasteiger partial charge in [0.05, 0.1) is 6.54 Å². The molecule has 0 aliphatic rings. The molecule has 25 heavy (non-hydrogen) atoms. The number of aromatic amines is 1. The van der Waals surface area contributed by atoms with E-state index in [4.69, 9.17) is 11.6 Å². The molecule has 0 spiro atoms. The van der Waals surface area contributed by atoms with Gasteiger partial charge in [-0.15, -0.1) is 0 Å². The Labute approximate surface area is 150 Å². The highest BCUT2D eigenvalue weighted by atomic mass is 35.5. The second kappa shape index (κ2) is 8.64. The average molecular weight is 365 g/mol. The molecule has 0 fully saturated rings. The summed E-state index contributed by atoms with van der Waals surface area (Å²) in [7, 11) is 3.88. The zero-order valence-corrected chi connectivity index (χ0v) is 15.0. The van der Waals surface area contributed by atoms with Crippen LogP contribution in [0.2, 0.25) is 5.02 Å². The lowest BCUT2D eigenvalue weighted by molar-refractivity contribution is 0.0949. The average Bonchev–Trinajstić information content (AvgIpc) is 2.56. The summed E-state index contributed by atoms with van der Waals surface area (Å²) in [6, 6.07) is 6.93. The molecule has 2 N–H and O–H groups in total. The van der Waals surface area contributed by atoms with Crippen LogP contribution in [-0.2, 0) is 6.54 Å². The molecule has 0 saturated heterocycles. The number of aromatic nitrogens is 2. The minimum absolute atomic E-state index is 0.00438. The fourth-order valence-electron chi connectivity index (χ4n) is 2.31. The molecule has 0 bridgehead atoms. The molecule has 2 aromatic rings. The minimum Gasteiger partial charge on any atom is -0.352 e. The molecule has 8 heteroatoms. The maximum atomic E-state index is 12.5. The largest absolute Gasteiger partial charge is 0.352 e. The molecule has 134 valence electrons. The standard InChI is InChI=1S/C17H21ClN4O3/c1-21(2)9-5-8-19-15(23)13-10-20-17(25)22(16(13)24)11-12-6-3-4-7-14(12)18/h3-4,6-7,10H,5,8-9,11H2,1-2H3,(H,19,23)(H,20,25). The third kappa shape index (κ3) is 5.04. The van der Waals surface area contributed by atoms with Gasteiger partial charge < -0.3 is 15.2 Å². The number of benzene rings is 1. The van der Waals surface area contributed by atoms with Crippen molar-refractivity contribution in [1.29, 1.82) is 0 Å². The first-order valence-corrected chi connectivity index (χ1v) is 8.27. The van der Waals surface area contributed by atoms with E-state index in [9.17, 15) is 14.4 Å². The molecule has 0 atom stereocenters. The number of H-pyrrole nitrogens is 1. The molecule has 7 nitrogen and oxygen atoms in total. The van der Waals surface area contributed by atoms with Gasteiger partial charge in [0.15, 0.2) is 0 Å². The van der Waals surface area contributed by atoms with Crippen LogP contribution in [-0.4, -0.2) is 47.5 Å². The zero-order chi connectivity index (χ0) is 18.4. The maximum absolute atomic E-state index is 12.5. The first-order valence-electron chi connectivity index (χ1n) is 7.89. The topological polar surface area (TPSA) is 87.2 Å². The van der Waals surface area contributed by atoms with Crippen molar-refractivity contribution in [2.45, 2.75) is 13.0 Å². The van der Waals surface area contributed by atoms with Crippen LogP contribution in [0.25, 0.3) is 0 Å². The van der Waals surface area contributed by atoms with Crippen molar-refractivity contribution in [3.63, 3.8) is 0 Å². The minimum atomic E-state index is -0.645. The number of amides is 1. The fraction of sp³-hybridized carbons (Fsp3) is 0.353. The molecule has 0 radical (unpaired) electrons. The van der Waals surface area contributed by atoms with E-state index in [1.54, 1.807) is 24.3 Å². The van der Waals surface area contributed by atoms with E-state index in [-0.39, 0.29) is 12.1 Å². The van der Waals surface area contributed by atoms with E-state index in [0.29, 0.717) is 17.1 Å². The van der Waals surface area contributed by atoms with Crippen LogP contribution >= 0.6 is 11.6 Å².